The third-order valence-corrected chi connectivity index (χ3v) is 4.09. The average Bonchev–Trinajstić information content (AvgIpc) is 2.97. The van der Waals surface area contributed by atoms with E-state index in [1.807, 2.05) is 55.3 Å². The van der Waals surface area contributed by atoms with Gasteiger partial charge in [-0.25, -0.2) is 0 Å². The smallest absolute Gasteiger partial charge is 0.254 e. The molecule has 1 saturated heterocycles. The molecule has 2 aromatic rings. The Balaban J connectivity index is 1.85. The number of hydrogen-bond donors (Lipinski definition) is 0. The highest BCUT2D eigenvalue weighted by atomic mass is 16.2. The van der Waals surface area contributed by atoms with Gasteiger partial charge in [-0.05, 0) is 50.5 Å². The zero-order valence-corrected chi connectivity index (χ0v) is 12.5. The summed E-state index contributed by atoms with van der Waals surface area (Å²) in [6, 6.07) is 12.0. The number of nitrogens with zero attached hydrogens (tertiary/aromatic N) is 2. The van der Waals surface area contributed by atoms with Crippen molar-refractivity contribution in [2.45, 2.75) is 32.7 Å². The van der Waals surface area contributed by atoms with Gasteiger partial charge in [0.05, 0.1) is 11.7 Å². The Morgan fingerprint density at radius 3 is 2.48 bits per heavy atom. The first-order valence-electron chi connectivity index (χ1n) is 7.45. The maximum absolute atomic E-state index is 12.7. The number of pyridine rings is 1. The van der Waals surface area contributed by atoms with Gasteiger partial charge in [0.25, 0.3) is 5.91 Å². The van der Waals surface area contributed by atoms with E-state index >= 15 is 0 Å². The van der Waals surface area contributed by atoms with Crippen LogP contribution < -0.4 is 0 Å². The van der Waals surface area contributed by atoms with Crippen molar-refractivity contribution in [3.05, 3.63) is 65.0 Å². The monoisotopic (exact) mass is 280 g/mol. The number of aryl methyl sites for hydroxylation is 2. The summed E-state index contributed by atoms with van der Waals surface area (Å²) in [6.07, 6.45) is 3.91. The van der Waals surface area contributed by atoms with Gasteiger partial charge in [0.1, 0.15) is 0 Å². The quantitative estimate of drug-likeness (QED) is 0.841. The van der Waals surface area contributed by atoms with Crippen LogP contribution in [0.25, 0.3) is 0 Å². The van der Waals surface area contributed by atoms with Crippen LogP contribution in [0.4, 0.5) is 0 Å². The molecular formula is C18H20N2O. The van der Waals surface area contributed by atoms with E-state index in [2.05, 4.69) is 11.1 Å². The Hall–Kier alpha value is -2.16. The molecule has 2 heterocycles. The predicted octanol–water partition coefficient (Wildman–Crippen LogP) is 3.68. The number of amides is 1. The Morgan fingerprint density at radius 1 is 1.10 bits per heavy atom. The largest absolute Gasteiger partial charge is 0.330 e. The van der Waals surface area contributed by atoms with Crippen LogP contribution in [0.3, 0.4) is 0 Å². The van der Waals surface area contributed by atoms with Gasteiger partial charge in [-0.1, -0.05) is 23.8 Å². The molecule has 0 saturated carbocycles. The van der Waals surface area contributed by atoms with Crippen LogP contribution in [0.15, 0.2) is 42.6 Å². The number of likely N-dealkylation sites (tertiary alicyclic amines) is 1. The number of aromatic nitrogens is 1. The van der Waals surface area contributed by atoms with Gasteiger partial charge >= 0.3 is 0 Å². The number of carbonyl (C=O) groups is 1. The third-order valence-electron chi connectivity index (χ3n) is 4.09. The summed E-state index contributed by atoms with van der Waals surface area (Å²) in [7, 11) is 0. The lowest BCUT2D eigenvalue weighted by Gasteiger charge is -2.24. The molecule has 108 valence electrons. The summed E-state index contributed by atoms with van der Waals surface area (Å²) < 4.78 is 0. The molecule has 1 amide bonds. The SMILES string of the molecule is Cc1ccc(C(=O)N2CCCC2c2ccc(C)cn2)cc1. The maximum atomic E-state index is 12.7. The summed E-state index contributed by atoms with van der Waals surface area (Å²) in [4.78, 5) is 19.2. The van der Waals surface area contributed by atoms with E-state index in [1.165, 1.54) is 5.56 Å². The molecule has 3 nitrogen and oxygen atoms in total. The molecule has 0 bridgehead atoms. The highest BCUT2D eigenvalue weighted by molar-refractivity contribution is 5.94. The van der Waals surface area contributed by atoms with E-state index < -0.39 is 0 Å². The first kappa shape index (κ1) is 13.8. The van der Waals surface area contributed by atoms with Gasteiger partial charge < -0.3 is 4.90 Å². The normalized spacial score (nSPS) is 18.0. The summed E-state index contributed by atoms with van der Waals surface area (Å²) >= 11 is 0. The van der Waals surface area contributed by atoms with Crippen molar-refractivity contribution in [2.75, 3.05) is 6.54 Å². The fraction of sp³-hybridized carbons (Fsp3) is 0.333. The molecule has 3 heteroatoms. The number of benzene rings is 1. The standard InChI is InChI=1S/C18H20N2O/c1-13-5-8-15(9-6-13)18(21)20-11-3-4-17(20)16-10-7-14(2)12-19-16/h5-10,12,17H,3-4,11H2,1-2H3. The predicted molar refractivity (Wildman–Crippen MR) is 83.2 cm³/mol. The van der Waals surface area contributed by atoms with Crippen LogP contribution in [0.5, 0.6) is 0 Å². The molecule has 1 aromatic carbocycles. The van der Waals surface area contributed by atoms with E-state index in [4.69, 9.17) is 0 Å². The molecule has 3 rings (SSSR count). The number of hydrogen-bond acceptors (Lipinski definition) is 2. The van der Waals surface area contributed by atoms with Crippen LogP contribution in [-0.2, 0) is 0 Å². The number of carbonyl (C=O) groups excluding carboxylic acids is 1. The van der Waals surface area contributed by atoms with Crippen molar-refractivity contribution in [3.8, 4) is 0 Å². The van der Waals surface area contributed by atoms with Crippen molar-refractivity contribution >= 4 is 5.91 Å². The second-order valence-electron chi connectivity index (χ2n) is 5.78. The van der Waals surface area contributed by atoms with E-state index in [0.717, 1.165) is 36.2 Å². The van der Waals surface area contributed by atoms with Crippen molar-refractivity contribution in [3.63, 3.8) is 0 Å². The topological polar surface area (TPSA) is 33.2 Å². The van der Waals surface area contributed by atoms with E-state index in [9.17, 15) is 4.79 Å². The van der Waals surface area contributed by atoms with E-state index in [1.54, 1.807) is 0 Å². The van der Waals surface area contributed by atoms with Gasteiger partial charge in [0.2, 0.25) is 0 Å². The summed E-state index contributed by atoms with van der Waals surface area (Å²) in [5.41, 5.74) is 4.08. The molecule has 0 radical (unpaired) electrons. The summed E-state index contributed by atoms with van der Waals surface area (Å²) in [6.45, 7) is 4.87. The molecule has 1 aromatic heterocycles. The molecule has 1 atom stereocenters. The van der Waals surface area contributed by atoms with Gasteiger partial charge in [-0.2, -0.15) is 0 Å². The fourth-order valence-corrected chi connectivity index (χ4v) is 2.86. The lowest BCUT2D eigenvalue weighted by Crippen LogP contribution is -2.30. The highest BCUT2D eigenvalue weighted by Crippen LogP contribution is 2.32. The highest BCUT2D eigenvalue weighted by Gasteiger charge is 2.31. The second kappa shape index (κ2) is 5.68. The third kappa shape index (κ3) is 2.82. The van der Waals surface area contributed by atoms with Crippen LogP contribution in [-0.4, -0.2) is 22.3 Å². The van der Waals surface area contributed by atoms with Crippen molar-refractivity contribution in [1.29, 1.82) is 0 Å². The first-order chi connectivity index (χ1) is 10.1. The Labute approximate surface area is 125 Å². The minimum Gasteiger partial charge on any atom is -0.330 e. The Bertz CT molecular complexity index is 631. The van der Waals surface area contributed by atoms with Gasteiger partial charge in [0, 0.05) is 18.3 Å². The van der Waals surface area contributed by atoms with Crippen LogP contribution >= 0.6 is 0 Å². The van der Waals surface area contributed by atoms with Gasteiger partial charge in [-0.3, -0.25) is 9.78 Å². The Kier molecular flexibility index (Phi) is 3.74. The molecule has 0 spiro atoms. The average molecular weight is 280 g/mol. The van der Waals surface area contributed by atoms with Gasteiger partial charge in [0.15, 0.2) is 0 Å². The van der Waals surface area contributed by atoms with Crippen LogP contribution in [0.1, 0.15) is 46.1 Å². The Morgan fingerprint density at radius 2 is 1.81 bits per heavy atom. The molecule has 1 aliphatic heterocycles. The van der Waals surface area contributed by atoms with E-state index in [-0.39, 0.29) is 11.9 Å². The summed E-state index contributed by atoms with van der Waals surface area (Å²) in [5.74, 6) is 0.111. The number of rotatable bonds is 2. The van der Waals surface area contributed by atoms with Crippen molar-refractivity contribution in [2.24, 2.45) is 0 Å². The lowest BCUT2D eigenvalue weighted by molar-refractivity contribution is 0.0733. The van der Waals surface area contributed by atoms with Crippen LogP contribution in [0.2, 0.25) is 0 Å². The van der Waals surface area contributed by atoms with Gasteiger partial charge in [-0.15, -0.1) is 0 Å². The molecule has 1 unspecified atom stereocenters. The maximum Gasteiger partial charge on any atom is 0.254 e. The molecule has 1 fully saturated rings. The first-order valence-corrected chi connectivity index (χ1v) is 7.45. The zero-order valence-electron chi connectivity index (χ0n) is 12.5. The second-order valence-corrected chi connectivity index (χ2v) is 5.78. The molecule has 0 aliphatic carbocycles. The van der Waals surface area contributed by atoms with E-state index in [0.29, 0.717) is 0 Å². The molecule has 1 aliphatic rings. The molecule has 21 heavy (non-hydrogen) atoms. The minimum atomic E-state index is 0.111. The molecular weight excluding hydrogens is 260 g/mol. The minimum absolute atomic E-state index is 0.111. The molecule has 0 N–H and O–H groups in total. The fourth-order valence-electron chi connectivity index (χ4n) is 2.86. The zero-order chi connectivity index (χ0) is 14.8. The van der Waals surface area contributed by atoms with Crippen molar-refractivity contribution < 1.29 is 4.79 Å². The summed E-state index contributed by atoms with van der Waals surface area (Å²) in [5, 5.41) is 0. The van der Waals surface area contributed by atoms with Crippen LogP contribution in [0, 0.1) is 13.8 Å². The van der Waals surface area contributed by atoms with Crippen molar-refractivity contribution in [1.82, 2.24) is 9.88 Å². The lowest BCUT2D eigenvalue weighted by atomic mass is 10.1.